The van der Waals surface area contributed by atoms with Gasteiger partial charge in [-0.3, -0.25) is 18.5 Å². The lowest BCUT2D eigenvalue weighted by Gasteiger charge is -2.30. The number of nitrogens with zero attached hydrogens (tertiary/aromatic N) is 2. The summed E-state index contributed by atoms with van der Waals surface area (Å²) >= 11 is 13.4. The molecule has 11 heteroatoms. The second kappa shape index (κ2) is 9.43. The van der Waals surface area contributed by atoms with E-state index in [1.54, 1.807) is 35.8 Å². The van der Waals surface area contributed by atoms with Crippen molar-refractivity contribution in [2.24, 2.45) is 0 Å². The molecule has 2 aromatic carbocycles. The lowest BCUT2D eigenvalue weighted by Crippen LogP contribution is -2.47. The van der Waals surface area contributed by atoms with Crippen LogP contribution in [-0.2, 0) is 14.8 Å². The highest BCUT2D eigenvalue weighted by atomic mass is 35.5. The largest absolute Gasteiger partial charge is 0.324 e. The topological polar surface area (TPSA) is 88.5 Å². The van der Waals surface area contributed by atoms with Gasteiger partial charge in [0.2, 0.25) is 15.9 Å². The van der Waals surface area contributed by atoms with Gasteiger partial charge < -0.3 is 5.32 Å². The van der Waals surface area contributed by atoms with Gasteiger partial charge in [-0.15, -0.1) is 0 Å². The minimum absolute atomic E-state index is 0.00641. The molecule has 0 fully saturated rings. The second-order valence-electron chi connectivity index (χ2n) is 7.58. The molecule has 0 aliphatic carbocycles. The Morgan fingerprint density at radius 1 is 1.19 bits per heavy atom. The van der Waals surface area contributed by atoms with Crippen LogP contribution in [0, 0.1) is 0 Å². The molecule has 0 aliphatic heterocycles. The number of hydrogen-bond donors (Lipinski definition) is 1. The molecule has 1 atom stereocenters. The summed E-state index contributed by atoms with van der Waals surface area (Å²) in [6.45, 7) is 5.56. The first-order valence-electron chi connectivity index (χ1n) is 9.84. The van der Waals surface area contributed by atoms with Gasteiger partial charge in [0.05, 0.1) is 27.2 Å². The number of halogens is 2. The molecule has 0 bridgehead atoms. The molecule has 1 amide bonds. The third-order valence-electron chi connectivity index (χ3n) is 4.87. The summed E-state index contributed by atoms with van der Waals surface area (Å²) in [5, 5.41) is 3.23. The van der Waals surface area contributed by atoms with Crippen molar-refractivity contribution < 1.29 is 13.2 Å². The maximum absolute atomic E-state index is 13.2. The van der Waals surface area contributed by atoms with Crippen molar-refractivity contribution in [3.8, 4) is 0 Å². The normalized spacial score (nSPS) is 12.8. The SMILES string of the molecule is CC[C@H](C(=O)Nc1ccc2c(c1)sc(=O)n2C(C)C)N(c1cc(Cl)ccc1Cl)S(C)(=O)=O. The van der Waals surface area contributed by atoms with Crippen LogP contribution in [0.2, 0.25) is 10.0 Å². The zero-order chi connectivity index (χ0) is 23.8. The molecule has 1 heterocycles. The third kappa shape index (κ3) is 4.96. The van der Waals surface area contributed by atoms with E-state index in [1.807, 2.05) is 13.8 Å². The molecule has 3 rings (SSSR count). The number of nitrogens with one attached hydrogen (secondary N) is 1. The minimum atomic E-state index is -3.87. The summed E-state index contributed by atoms with van der Waals surface area (Å²) in [7, 11) is -3.87. The number of fused-ring (bicyclic) bond motifs is 1. The maximum Gasteiger partial charge on any atom is 0.308 e. The van der Waals surface area contributed by atoms with E-state index in [4.69, 9.17) is 23.2 Å². The number of rotatable bonds is 7. The summed E-state index contributed by atoms with van der Waals surface area (Å²) < 4.78 is 28.7. The van der Waals surface area contributed by atoms with Crippen LogP contribution in [0.3, 0.4) is 0 Å². The fourth-order valence-corrected chi connectivity index (χ4v) is 6.21. The number of carbonyl (C=O) groups excluding carboxylic acids is 1. The van der Waals surface area contributed by atoms with Gasteiger partial charge in [-0.25, -0.2) is 8.42 Å². The molecule has 1 N–H and O–H groups in total. The molecule has 0 radical (unpaired) electrons. The van der Waals surface area contributed by atoms with Crippen molar-refractivity contribution in [1.82, 2.24) is 4.57 Å². The fourth-order valence-electron chi connectivity index (χ4n) is 3.52. The van der Waals surface area contributed by atoms with Gasteiger partial charge in [0, 0.05) is 16.8 Å². The van der Waals surface area contributed by atoms with Gasteiger partial charge in [-0.2, -0.15) is 0 Å². The van der Waals surface area contributed by atoms with Crippen molar-refractivity contribution >= 4 is 72.1 Å². The van der Waals surface area contributed by atoms with Gasteiger partial charge in [-0.1, -0.05) is 41.5 Å². The Kier molecular flexibility index (Phi) is 7.24. The van der Waals surface area contributed by atoms with E-state index in [-0.39, 0.29) is 28.0 Å². The Morgan fingerprint density at radius 2 is 1.88 bits per heavy atom. The van der Waals surface area contributed by atoms with Gasteiger partial charge in [0.25, 0.3) is 0 Å². The summed E-state index contributed by atoms with van der Waals surface area (Å²) in [6, 6.07) is 8.56. The van der Waals surface area contributed by atoms with Crippen molar-refractivity contribution in [3.05, 3.63) is 56.1 Å². The van der Waals surface area contributed by atoms with Gasteiger partial charge in [-0.05, 0) is 56.7 Å². The Hall–Kier alpha value is -2.07. The molecular weight excluding hydrogens is 493 g/mol. The first-order chi connectivity index (χ1) is 14.9. The van der Waals surface area contributed by atoms with Crippen LogP contribution in [0.25, 0.3) is 10.2 Å². The molecule has 0 saturated carbocycles. The summed E-state index contributed by atoms with van der Waals surface area (Å²) in [4.78, 5) is 25.4. The number of anilines is 2. The average molecular weight is 516 g/mol. The Balaban J connectivity index is 1.98. The second-order valence-corrected chi connectivity index (χ2v) is 11.3. The molecule has 0 saturated heterocycles. The quantitative estimate of drug-likeness (QED) is 0.472. The Morgan fingerprint density at radius 3 is 2.47 bits per heavy atom. The number of aromatic nitrogens is 1. The molecule has 32 heavy (non-hydrogen) atoms. The Labute approximate surface area is 200 Å². The number of hydrogen-bond acceptors (Lipinski definition) is 5. The van der Waals surface area contributed by atoms with Crippen LogP contribution in [0.5, 0.6) is 0 Å². The zero-order valence-corrected chi connectivity index (χ0v) is 21.1. The fraction of sp³-hybridized carbons (Fsp3) is 0.333. The Bertz CT molecular complexity index is 1330. The van der Waals surface area contributed by atoms with E-state index >= 15 is 0 Å². The lowest BCUT2D eigenvalue weighted by atomic mass is 10.1. The van der Waals surface area contributed by atoms with Crippen molar-refractivity contribution in [2.45, 2.75) is 39.3 Å². The molecule has 0 spiro atoms. The summed E-state index contributed by atoms with van der Waals surface area (Å²) in [5.41, 5.74) is 1.37. The van der Waals surface area contributed by atoms with E-state index < -0.39 is 22.0 Å². The van der Waals surface area contributed by atoms with Crippen LogP contribution in [0.4, 0.5) is 11.4 Å². The maximum atomic E-state index is 13.2. The number of benzene rings is 2. The number of carbonyl (C=O) groups is 1. The molecule has 0 aliphatic rings. The standard InChI is InChI=1S/C21H23Cl2N3O4S2/c1-5-16(26(32(4,29)30)18-10-13(22)6-8-15(18)23)20(27)24-14-7-9-17-19(11-14)31-21(28)25(17)12(2)3/h6-12,16H,5H2,1-4H3,(H,24,27)/t16-/m1/s1. The van der Waals surface area contributed by atoms with Gasteiger partial charge >= 0.3 is 4.87 Å². The van der Waals surface area contributed by atoms with Gasteiger partial charge in [0.1, 0.15) is 6.04 Å². The molecular formula is C21H23Cl2N3O4S2. The van der Waals surface area contributed by atoms with E-state index in [9.17, 15) is 18.0 Å². The monoisotopic (exact) mass is 515 g/mol. The average Bonchev–Trinajstić information content (AvgIpc) is 3.02. The highest BCUT2D eigenvalue weighted by Crippen LogP contribution is 2.33. The van der Waals surface area contributed by atoms with Crippen LogP contribution in [0.15, 0.2) is 41.2 Å². The lowest BCUT2D eigenvalue weighted by molar-refractivity contribution is -0.117. The van der Waals surface area contributed by atoms with Crippen LogP contribution in [-0.4, -0.2) is 31.2 Å². The number of sulfonamides is 1. The van der Waals surface area contributed by atoms with Crippen LogP contribution >= 0.6 is 34.5 Å². The van der Waals surface area contributed by atoms with Crippen molar-refractivity contribution in [2.75, 3.05) is 15.9 Å². The number of thiazole rings is 1. The minimum Gasteiger partial charge on any atom is -0.324 e. The smallest absolute Gasteiger partial charge is 0.308 e. The predicted octanol–water partition coefficient (Wildman–Crippen LogP) is 5.13. The number of amides is 1. The van der Waals surface area contributed by atoms with Crippen molar-refractivity contribution in [3.63, 3.8) is 0 Å². The summed E-state index contributed by atoms with van der Waals surface area (Å²) in [5.74, 6) is -0.524. The predicted molar refractivity (Wildman–Crippen MR) is 133 cm³/mol. The molecule has 0 unspecified atom stereocenters. The van der Waals surface area contributed by atoms with Gasteiger partial charge in [0.15, 0.2) is 0 Å². The van der Waals surface area contributed by atoms with E-state index in [1.165, 1.54) is 12.1 Å². The molecule has 1 aromatic heterocycles. The summed E-state index contributed by atoms with van der Waals surface area (Å²) in [6.07, 6.45) is 1.21. The zero-order valence-electron chi connectivity index (χ0n) is 17.9. The first-order valence-corrected chi connectivity index (χ1v) is 13.3. The van der Waals surface area contributed by atoms with Crippen LogP contribution in [0.1, 0.15) is 33.2 Å². The van der Waals surface area contributed by atoms with E-state index in [2.05, 4.69) is 5.32 Å². The van der Waals surface area contributed by atoms with Crippen LogP contribution < -0.4 is 14.5 Å². The van der Waals surface area contributed by atoms with E-state index in [0.717, 1.165) is 32.1 Å². The van der Waals surface area contributed by atoms with Crippen molar-refractivity contribution in [1.29, 1.82) is 0 Å². The first kappa shape index (κ1) is 24.6. The highest BCUT2D eigenvalue weighted by Gasteiger charge is 2.33. The van der Waals surface area contributed by atoms with E-state index in [0.29, 0.717) is 10.7 Å². The highest BCUT2D eigenvalue weighted by molar-refractivity contribution is 7.92. The third-order valence-corrected chi connectivity index (χ3v) is 7.51. The molecule has 172 valence electrons. The molecule has 3 aromatic rings. The molecule has 7 nitrogen and oxygen atoms in total.